The van der Waals surface area contributed by atoms with Crippen molar-refractivity contribution in [2.24, 2.45) is 0 Å². The normalized spacial score (nSPS) is 18.9. The van der Waals surface area contributed by atoms with Crippen molar-refractivity contribution in [1.29, 1.82) is 0 Å². The average molecular weight is 272 g/mol. The Bertz CT molecular complexity index is 561. The van der Waals surface area contributed by atoms with Crippen LogP contribution in [-0.4, -0.2) is 29.1 Å². The topological polar surface area (TPSA) is 41.0 Å². The zero-order valence-corrected chi connectivity index (χ0v) is 11.2. The quantitative estimate of drug-likeness (QED) is 0.932. The van der Waals surface area contributed by atoms with Crippen molar-refractivity contribution in [2.45, 2.75) is 18.9 Å². The predicted molar refractivity (Wildman–Crippen MR) is 77.3 cm³/mol. The Morgan fingerprint density at radius 2 is 2.25 bits per heavy atom. The summed E-state index contributed by atoms with van der Waals surface area (Å²) in [6, 6.07) is 8.96. The minimum absolute atomic E-state index is 0.187. The van der Waals surface area contributed by atoms with Crippen LogP contribution in [0.5, 0.6) is 0 Å². The molecule has 1 aromatic heterocycles. The van der Waals surface area contributed by atoms with Gasteiger partial charge in [0.05, 0.1) is 0 Å². The molecule has 0 amide bonds. The molecule has 1 aliphatic heterocycles. The minimum atomic E-state index is -0.187. The Balaban J connectivity index is 1.67. The highest BCUT2D eigenvalue weighted by molar-refractivity contribution is 5.48. The summed E-state index contributed by atoms with van der Waals surface area (Å²) in [4.78, 5) is 10.3. The molecule has 0 aliphatic carbocycles. The maximum Gasteiger partial charge on any atom is 0.129 e. The maximum absolute atomic E-state index is 13.3. The van der Waals surface area contributed by atoms with Crippen LogP contribution < -0.4 is 10.2 Å². The summed E-state index contributed by atoms with van der Waals surface area (Å²) in [7, 11) is 0. The fraction of sp³-hybridized carbons (Fsp3) is 0.333. The molecule has 5 heteroatoms. The standard InChI is InChI=1S/C15H17FN4/c16-12-3-1-5-14(9-12)20-8-2-4-13(10-20)19-15-6-7-17-11-18-15/h1,3,5-7,9,11,13H,2,4,8,10H2,(H,17,18,19). The van der Waals surface area contributed by atoms with Gasteiger partial charge in [-0.25, -0.2) is 14.4 Å². The van der Waals surface area contributed by atoms with Crippen LogP contribution in [0.25, 0.3) is 0 Å². The van der Waals surface area contributed by atoms with Crippen LogP contribution >= 0.6 is 0 Å². The van der Waals surface area contributed by atoms with Gasteiger partial charge in [0.2, 0.25) is 0 Å². The fourth-order valence-electron chi connectivity index (χ4n) is 2.59. The molecule has 1 fully saturated rings. The van der Waals surface area contributed by atoms with E-state index >= 15 is 0 Å². The number of hydrogen-bond acceptors (Lipinski definition) is 4. The van der Waals surface area contributed by atoms with Crippen LogP contribution in [0.4, 0.5) is 15.9 Å². The molecule has 3 rings (SSSR count). The molecule has 0 spiro atoms. The third kappa shape index (κ3) is 3.04. The lowest BCUT2D eigenvalue weighted by Crippen LogP contribution is -2.42. The summed E-state index contributed by atoms with van der Waals surface area (Å²) in [5.41, 5.74) is 0.944. The Morgan fingerprint density at radius 1 is 1.30 bits per heavy atom. The van der Waals surface area contributed by atoms with Crippen molar-refractivity contribution in [2.75, 3.05) is 23.3 Å². The SMILES string of the molecule is Fc1cccc(N2CCCC(Nc3ccncn3)C2)c1. The summed E-state index contributed by atoms with van der Waals surface area (Å²) in [6.45, 7) is 1.82. The number of nitrogens with zero attached hydrogens (tertiary/aromatic N) is 3. The lowest BCUT2D eigenvalue weighted by Gasteiger charge is -2.35. The van der Waals surface area contributed by atoms with Gasteiger partial charge in [0, 0.05) is 31.0 Å². The van der Waals surface area contributed by atoms with E-state index in [4.69, 9.17) is 0 Å². The van der Waals surface area contributed by atoms with E-state index in [0.717, 1.165) is 37.4 Å². The number of piperidine rings is 1. The maximum atomic E-state index is 13.3. The molecule has 1 atom stereocenters. The summed E-state index contributed by atoms with van der Waals surface area (Å²) >= 11 is 0. The molecule has 0 radical (unpaired) electrons. The van der Waals surface area contributed by atoms with Crippen molar-refractivity contribution in [1.82, 2.24) is 9.97 Å². The van der Waals surface area contributed by atoms with Gasteiger partial charge in [-0.1, -0.05) is 6.07 Å². The second kappa shape index (κ2) is 5.86. The Labute approximate surface area is 117 Å². The minimum Gasteiger partial charge on any atom is -0.369 e. The van der Waals surface area contributed by atoms with Gasteiger partial charge in [-0.15, -0.1) is 0 Å². The molecule has 20 heavy (non-hydrogen) atoms. The van der Waals surface area contributed by atoms with Crippen molar-refractivity contribution in [3.8, 4) is 0 Å². The highest BCUT2D eigenvalue weighted by atomic mass is 19.1. The monoisotopic (exact) mass is 272 g/mol. The summed E-state index contributed by atoms with van der Waals surface area (Å²) < 4.78 is 13.3. The molecule has 2 aromatic rings. The molecule has 1 unspecified atom stereocenters. The summed E-state index contributed by atoms with van der Waals surface area (Å²) in [6.07, 6.45) is 5.44. The molecule has 0 bridgehead atoms. The second-order valence-corrected chi connectivity index (χ2v) is 5.00. The summed E-state index contributed by atoms with van der Waals surface area (Å²) in [5, 5.41) is 3.41. The van der Waals surface area contributed by atoms with Crippen LogP contribution in [0.1, 0.15) is 12.8 Å². The molecule has 1 saturated heterocycles. The molecular formula is C15H17FN4. The number of hydrogen-bond donors (Lipinski definition) is 1. The van der Waals surface area contributed by atoms with Gasteiger partial charge in [-0.3, -0.25) is 0 Å². The molecule has 0 saturated carbocycles. The van der Waals surface area contributed by atoms with E-state index in [0.29, 0.717) is 6.04 Å². The van der Waals surface area contributed by atoms with E-state index in [9.17, 15) is 4.39 Å². The van der Waals surface area contributed by atoms with Crippen LogP contribution in [-0.2, 0) is 0 Å². The van der Waals surface area contributed by atoms with Gasteiger partial charge in [0.25, 0.3) is 0 Å². The number of rotatable bonds is 3. The van der Waals surface area contributed by atoms with E-state index in [1.54, 1.807) is 18.3 Å². The van der Waals surface area contributed by atoms with E-state index in [1.165, 1.54) is 12.4 Å². The molecular weight excluding hydrogens is 255 g/mol. The fourth-order valence-corrected chi connectivity index (χ4v) is 2.59. The Morgan fingerprint density at radius 3 is 3.05 bits per heavy atom. The molecule has 1 N–H and O–H groups in total. The van der Waals surface area contributed by atoms with Gasteiger partial charge in [0.1, 0.15) is 18.0 Å². The average Bonchev–Trinajstić information content (AvgIpc) is 2.49. The highest BCUT2D eigenvalue weighted by Gasteiger charge is 2.20. The Hall–Kier alpha value is -2.17. The van der Waals surface area contributed by atoms with Gasteiger partial charge < -0.3 is 10.2 Å². The highest BCUT2D eigenvalue weighted by Crippen LogP contribution is 2.22. The number of anilines is 2. The lowest BCUT2D eigenvalue weighted by atomic mass is 10.0. The van der Waals surface area contributed by atoms with Crippen LogP contribution in [0.3, 0.4) is 0 Å². The number of nitrogens with one attached hydrogen (secondary N) is 1. The van der Waals surface area contributed by atoms with Gasteiger partial charge in [0.15, 0.2) is 0 Å². The number of aromatic nitrogens is 2. The second-order valence-electron chi connectivity index (χ2n) is 5.00. The van der Waals surface area contributed by atoms with E-state index in [2.05, 4.69) is 20.2 Å². The van der Waals surface area contributed by atoms with Crippen LogP contribution in [0, 0.1) is 5.82 Å². The number of halogens is 1. The largest absolute Gasteiger partial charge is 0.369 e. The van der Waals surface area contributed by atoms with Gasteiger partial charge in [-0.2, -0.15) is 0 Å². The first kappa shape index (κ1) is 12.8. The van der Waals surface area contributed by atoms with E-state index in [-0.39, 0.29) is 5.82 Å². The number of benzene rings is 1. The zero-order chi connectivity index (χ0) is 13.8. The first-order chi connectivity index (χ1) is 9.81. The smallest absolute Gasteiger partial charge is 0.129 e. The van der Waals surface area contributed by atoms with Crippen molar-refractivity contribution in [3.63, 3.8) is 0 Å². The van der Waals surface area contributed by atoms with Gasteiger partial charge >= 0.3 is 0 Å². The van der Waals surface area contributed by atoms with E-state index in [1.807, 2.05) is 12.1 Å². The van der Waals surface area contributed by atoms with Crippen molar-refractivity contribution in [3.05, 3.63) is 48.7 Å². The van der Waals surface area contributed by atoms with Crippen molar-refractivity contribution >= 4 is 11.5 Å². The van der Waals surface area contributed by atoms with Crippen LogP contribution in [0.15, 0.2) is 42.9 Å². The molecule has 104 valence electrons. The Kier molecular flexibility index (Phi) is 3.76. The van der Waals surface area contributed by atoms with E-state index < -0.39 is 0 Å². The summed E-state index contributed by atoms with van der Waals surface area (Å²) in [5.74, 6) is 0.652. The molecule has 2 heterocycles. The first-order valence-corrected chi connectivity index (χ1v) is 6.84. The van der Waals surface area contributed by atoms with Crippen LogP contribution in [0.2, 0.25) is 0 Å². The van der Waals surface area contributed by atoms with Crippen molar-refractivity contribution < 1.29 is 4.39 Å². The lowest BCUT2D eigenvalue weighted by molar-refractivity contribution is 0.527. The third-order valence-corrected chi connectivity index (χ3v) is 3.53. The first-order valence-electron chi connectivity index (χ1n) is 6.84. The molecule has 4 nitrogen and oxygen atoms in total. The third-order valence-electron chi connectivity index (χ3n) is 3.53. The van der Waals surface area contributed by atoms with Gasteiger partial charge in [-0.05, 0) is 37.1 Å². The predicted octanol–water partition coefficient (Wildman–Crippen LogP) is 2.70. The molecule has 1 aromatic carbocycles. The zero-order valence-electron chi connectivity index (χ0n) is 11.2. The molecule has 1 aliphatic rings.